The van der Waals surface area contributed by atoms with Crippen LogP contribution >= 0.6 is 0 Å². The van der Waals surface area contributed by atoms with Gasteiger partial charge in [0.25, 0.3) is 0 Å². The summed E-state index contributed by atoms with van der Waals surface area (Å²) in [6, 6.07) is 9.93. The summed E-state index contributed by atoms with van der Waals surface area (Å²) in [5.74, 6) is 0.759. The summed E-state index contributed by atoms with van der Waals surface area (Å²) in [6.07, 6.45) is 0. The lowest BCUT2D eigenvalue weighted by Gasteiger charge is -2.38. The first-order valence-corrected chi connectivity index (χ1v) is 8.03. The minimum Gasteiger partial charge on any atom is -0.655 e. The molecule has 5 heteroatoms. The molecule has 1 atom stereocenters. The summed E-state index contributed by atoms with van der Waals surface area (Å²) in [4.78, 5) is 4.80. The van der Waals surface area contributed by atoms with Gasteiger partial charge in [0.1, 0.15) is 0 Å². The van der Waals surface area contributed by atoms with E-state index in [1.165, 1.54) is 0 Å². The zero-order valence-corrected chi connectivity index (χ0v) is 14.3. The molecule has 0 aliphatic carbocycles. The van der Waals surface area contributed by atoms with Crippen molar-refractivity contribution in [1.29, 1.82) is 0 Å². The van der Waals surface area contributed by atoms with Crippen molar-refractivity contribution in [1.82, 2.24) is 0 Å². The number of hydrogen-bond acceptors (Lipinski definition) is 4. The molecule has 2 aliphatic heterocycles. The molecule has 0 unspecified atom stereocenters. The molecular formula is C17H25BNO3-. The minimum atomic E-state index is -1.92. The Bertz CT molecular complexity index is 579. The predicted octanol–water partition coefficient (Wildman–Crippen LogP) is 3.57. The number of hydrogen-bond donors (Lipinski definition) is 0. The molecule has 22 heavy (non-hydrogen) atoms. The third-order valence-electron chi connectivity index (χ3n) is 5.03. The Hall–Kier alpha value is -1.33. The second-order valence-electron chi connectivity index (χ2n) is 7.61. The summed E-state index contributed by atoms with van der Waals surface area (Å²) >= 11 is 0. The number of benzene rings is 1. The Morgan fingerprint density at radius 2 is 1.55 bits per heavy atom. The summed E-state index contributed by atoms with van der Waals surface area (Å²) in [5, 5.41) is 0. The van der Waals surface area contributed by atoms with E-state index in [1.54, 1.807) is 0 Å². The maximum Gasteiger partial charge on any atom is 0.461 e. The quantitative estimate of drug-likeness (QED) is 0.784. The molecular weight excluding hydrogens is 277 g/mol. The fraction of sp³-hybridized carbons (Fsp3) is 0.588. The van der Waals surface area contributed by atoms with E-state index in [4.69, 9.17) is 19.0 Å². The van der Waals surface area contributed by atoms with Gasteiger partial charge in [-0.3, -0.25) is 4.99 Å². The molecule has 0 bridgehead atoms. The van der Waals surface area contributed by atoms with Crippen molar-refractivity contribution in [2.24, 2.45) is 10.9 Å². The molecule has 120 valence electrons. The zero-order valence-electron chi connectivity index (χ0n) is 14.3. The average Bonchev–Trinajstić information content (AvgIpc) is 2.85. The van der Waals surface area contributed by atoms with Crippen molar-refractivity contribution in [3.05, 3.63) is 35.9 Å². The monoisotopic (exact) mass is 302 g/mol. The molecule has 4 nitrogen and oxygen atoms in total. The minimum absolute atomic E-state index is 0.128. The van der Waals surface area contributed by atoms with E-state index in [-0.39, 0.29) is 11.9 Å². The first kappa shape index (κ1) is 15.6. The smallest absolute Gasteiger partial charge is 0.461 e. The molecule has 1 fully saturated rings. The van der Waals surface area contributed by atoms with Crippen molar-refractivity contribution in [2.45, 2.75) is 58.7 Å². The maximum absolute atomic E-state index is 6.34. The lowest BCUT2D eigenvalue weighted by molar-refractivity contribution is 0.00578. The van der Waals surface area contributed by atoms with Gasteiger partial charge in [0.05, 0.1) is 0 Å². The van der Waals surface area contributed by atoms with Crippen molar-refractivity contribution in [3.63, 3.8) is 0 Å². The third-order valence-corrected chi connectivity index (χ3v) is 5.03. The molecule has 0 aromatic heterocycles. The van der Waals surface area contributed by atoms with E-state index < -0.39 is 18.0 Å². The van der Waals surface area contributed by atoms with Crippen LogP contribution in [0.5, 0.6) is 0 Å². The Kier molecular flexibility index (Phi) is 3.42. The second kappa shape index (κ2) is 4.83. The van der Waals surface area contributed by atoms with Crippen molar-refractivity contribution in [2.75, 3.05) is 0 Å². The largest absolute Gasteiger partial charge is 0.655 e. The number of rotatable bonds is 2. The normalized spacial score (nSPS) is 28.0. The lowest BCUT2D eigenvalue weighted by atomic mass is 9.64. The molecule has 0 N–H and O–H groups in total. The SMILES string of the molecule is CC(C)[C@H]1N=C(c2ccccc2)O[B-]12OC(C)(C)C(C)(C)O2. The molecule has 0 saturated carbocycles. The van der Waals surface area contributed by atoms with Crippen LogP contribution in [0.25, 0.3) is 0 Å². The Balaban J connectivity index is 1.98. The van der Waals surface area contributed by atoms with Crippen LogP contribution in [0.2, 0.25) is 0 Å². The zero-order chi connectivity index (χ0) is 16.2. The molecule has 0 amide bonds. The van der Waals surface area contributed by atoms with Gasteiger partial charge in [-0.25, -0.2) is 0 Å². The number of nitrogens with zero attached hydrogens (tertiary/aromatic N) is 1. The standard InChI is InChI=1S/C17H25BNO3/c1-12(2)14-18(21-16(3,4)17(5,6)22-18)20-15(19-14)13-10-8-7-9-11-13/h7-12,14H,1-6H3/q-1/t14-/m1/s1. The second-order valence-corrected chi connectivity index (χ2v) is 7.61. The summed E-state index contributed by atoms with van der Waals surface area (Å²) in [6.45, 7) is 10.5. The fourth-order valence-electron chi connectivity index (χ4n) is 3.14. The number of aliphatic imine (C=N–C) groups is 1. The predicted molar refractivity (Wildman–Crippen MR) is 88.8 cm³/mol. The van der Waals surface area contributed by atoms with E-state index in [1.807, 2.05) is 58.0 Å². The van der Waals surface area contributed by atoms with E-state index >= 15 is 0 Å². The van der Waals surface area contributed by atoms with Crippen molar-refractivity contribution < 1.29 is 14.0 Å². The first-order valence-electron chi connectivity index (χ1n) is 8.03. The summed E-state index contributed by atoms with van der Waals surface area (Å²) in [7, 11) is 0. The molecule has 1 spiro atoms. The van der Waals surface area contributed by atoms with Crippen LogP contribution in [0, 0.1) is 5.92 Å². The maximum atomic E-state index is 6.34. The van der Waals surface area contributed by atoms with Crippen LogP contribution in [0.3, 0.4) is 0 Å². The van der Waals surface area contributed by atoms with Crippen LogP contribution in [-0.2, 0) is 14.0 Å². The van der Waals surface area contributed by atoms with Crippen LogP contribution in [0.15, 0.2) is 35.3 Å². The van der Waals surface area contributed by atoms with E-state index in [9.17, 15) is 0 Å². The van der Waals surface area contributed by atoms with E-state index in [0.29, 0.717) is 5.90 Å². The molecule has 0 radical (unpaired) electrons. The summed E-state index contributed by atoms with van der Waals surface area (Å²) < 4.78 is 18.9. The first-order chi connectivity index (χ1) is 10.2. The molecule has 1 aromatic rings. The molecule has 2 aliphatic rings. The molecule has 1 saturated heterocycles. The molecule has 2 heterocycles. The summed E-state index contributed by atoms with van der Waals surface area (Å²) in [5.41, 5.74) is 0.102. The highest BCUT2D eigenvalue weighted by Gasteiger charge is 2.60. The highest BCUT2D eigenvalue weighted by atomic mass is 16.8. The van der Waals surface area contributed by atoms with Gasteiger partial charge in [-0.05, 0) is 45.7 Å². The van der Waals surface area contributed by atoms with E-state index in [2.05, 4.69) is 13.8 Å². The van der Waals surface area contributed by atoms with E-state index in [0.717, 1.165) is 5.56 Å². The highest BCUT2D eigenvalue weighted by Crippen LogP contribution is 2.47. The Morgan fingerprint density at radius 1 is 1.00 bits per heavy atom. The van der Waals surface area contributed by atoms with Gasteiger partial charge in [0.15, 0.2) is 5.90 Å². The Labute approximate surface area is 132 Å². The van der Waals surface area contributed by atoms with Gasteiger partial charge in [0.2, 0.25) is 0 Å². The molecule has 1 aromatic carbocycles. The van der Waals surface area contributed by atoms with Crippen LogP contribution in [0.4, 0.5) is 0 Å². The van der Waals surface area contributed by atoms with Gasteiger partial charge in [-0.15, -0.1) is 0 Å². The van der Waals surface area contributed by atoms with Gasteiger partial charge in [-0.1, -0.05) is 32.0 Å². The van der Waals surface area contributed by atoms with Crippen molar-refractivity contribution >= 4 is 12.7 Å². The van der Waals surface area contributed by atoms with Crippen molar-refractivity contribution in [3.8, 4) is 0 Å². The average molecular weight is 302 g/mol. The lowest BCUT2D eigenvalue weighted by Crippen LogP contribution is -2.52. The molecule has 3 rings (SSSR count). The highest BCUT2D eigenvalue weighted by molar-refractivity contribution is 6.67. The topological polar surface area (TPSA) is 40.0 Å². The van der Waals surface area contributed by atoms with Crippen LogP contribution < -0.4 is 0 Å². The third kappa shape index (κ3) is 2.27. The van der Waals surface area contributed by atoms with Gasteiger partial charge in [-0.2, -0.15) is 0 Å². The van der Waals surface area contributed by atoms with Crippen LogP contribution in [0.1, 0.15) is 47.1 Å². The van der Waals surface area contributed by atoms with Gasteiger partial charge in [0, 0.05) is 22.7 Å². The van der Waals surface area contributed by atoms with Crippen LogP contribution in [-0.4, -0.2) is 29.8 Å². The van der Waals surface area contributed by atoms with Gasteiger partial charge < -0.3 is 14.0 Å². The Morgan fingerprint density at radius 3 is 2.05 bits per heavy atom. The fourth-order valence-corrected chi connectivity index (χ4v) is 3.14. The van der Waals surface area contributed by atoms with Gasteiger partial charge >= 0.3 is 6.75 Å².